The highest BCUT2D eigenvalue weighted by molar-refractivity contribution is 6.32. The lowest BCUT2D eigenvalue weighted by atomic mass is 10.2. The minimum absolute atomic E-state index is 0.0986. The van der Waals surface area contributed by atoms with E-state index >= 15 is 0 Å². The topological polar surface area (TPSA) is 53.9 Å². The number of nitrogens with zero attached hydrogens (tertiary/aromatic N) is 4. The van der Waals surface area contributed by atoms with E-state index in [9.17, 15) is 0 Å². The SMILES string of the molecule is CC(C)N(C)CCCCNc1nc(Cl)nnc1Cl. The molecule has 0 unspecified atom stereocenters. The Bertz CT molecular complexity index is 372. The molecule has 1 rings (SSSR count). The van der Waals surface area contributed by atoms with Gasteiger partial charge in [0.15, 0.2) is 11.0 Å². The minimum atomic E-state index is 0.0986. The predicted octanol–water partition coefficient (Wildman–Crippen LogP) is 2.71. The van der Waals surface area contributed by atoms with Crippen LogP contribution in [0.4, 0.5) is 5.82 Å². The van der Waals surface area contributed by atoms with Crippen molar-refractivity contribution in [3.63, 3.8) is 0 Å². The van der Waals surface area contributed by atoms with Gasteiger partial charge in [0, 0.05) is 12.6 Å². The summed E-state index contributed by atoms with van der Waals surface area (Å²) in [6, 6.07) is 0.581. The van der Waals surface area contributed by atoms with Gasteiger partial charge in [-0.05, 0) is 51.9 Å². The van der Waals surface area contributed by atoms with Gasteiger partial charge in [-0.1, -0.05) is 11.6 Å². The average Bonchev–Trinajstić information content (AvgIpc) is 2.32. The maximum atomic E-state index is 5.84. The number of nitrogens with one attached hydrogen (secondary N) is 1. The van der Waals surface area contributed by atoms with Crippen molar-refractivity contribution in [1.82, 2.24) is 20.1 Å². The van der Waals surface area contributed by atoms with Gasteiger partial charge in [0.25, 0.3) is 0 Å². The van der Waals surface area contributed by atoms with E-state index < -0.39 is 0 Å². The van der Waals surface area contributed by atoms with E-state index in [1.807, 2.05) is 0 Å². The fourth-order valence-corrected chi connectivity index (χ4v) is 1.63. The molecule has 0 aromatic carbocycles. The van der Waals surface area contributed by atoms with Crippen LogP contribution in [0.1, 0.15) is 26.7 Å². The Hall–Kier alpha value is -0.650. The lowest BCUT2D eigenvalue weighted by molar-refractivity contribution is 0.269. The standard InChI is InChI=1S/C11H19Cl2N5/c1-8(2)18(3)7-5-4-6-14-10-9(12)16-17-11(13)15-10/h8H,4-7H2,1-3H3,(H,14,15,17). The summed E-state index contributed by atoms with van der Waals surface area (Å²) in [5.74, 6) is 0.494. The van der Waals surface area contributed by atoms with Crippen molar-refractivity contribution in [2.24, 2.45) is 0 Å². The molecule has 1 aromatic rings. The predicted molar refractivity (Wildman–Crippen MR) is 75.3 cm³/mol. The second kappa shape index (κ2) is 7.71. The van der Waals surface area contributed by atoms with Crippen molar-refractivity contribution in [1.29, 1.82) is 0 Å². The van der Waals surface area contributed by atoms with Gasteiger partial charge in [-0.15, -0.1) is 10.2 Å². The Labute approximate surface area is 118 Å². The first-order chi connectivity index (χ1) is 8.50. The normalized spacial score (nSPS) is 11.3. The summed E-state index contributed by atoms with van der Waals surface area (Å²) >= 11 is 11.5. The van der Waals surface area contributed by atoms with Crippen molar-refractivity contribution in [3.8, 4) is 0 Å². The van der Waals surface area contributed by atoms with Crippen LogP contribution in [0.2, 0.25) is 10.4 Å². The molecule has 1 heterocycles. The van der Waals surface area contributed by atoms with Gasteiger partial charge < -0.3 is 10.2 Å². The molecule has 102 valence electrons. The van der Waals surface area contributed by atoms with E-state index in [1.165, 1.54) is 0 Å². The second-order valence-electron chi connectivity index (χ2n) is 4.43. The maximum Gasteiger partial charge on any atom is 0.245 e. The van der Waals surface area contributed by atoms with Crippen LogP contribution in [0, 0.1) is 0 Å². The number of halogens is 2. The molecular formula is C11H19Cl2N5. The molecule has 0 aliphatic rings. The van der Waals surface area contributed by atoms with Gasteiger partial charge in [-0.2, -0.15) is 4.98 Å². The van der Waals surface area contributed by atoms with E-state index in [4.69, 9.17) is 23.2 Å². The molecule has 7 heteroatoms. The molecular weight excluding hydrogens is 273 g/mol. The smallest absolute Gasteiger partial charge is 0.245 e. The van der Waals surface area contributed by atoms with Crippen LogP contribution in [-0.4, -0.2) is 46.3 Å². The lowest BCUT2D eigenvalue weighted by Crippen LogP contribution is -2.27. The Morgan fingerprint density at radius 1 is 1.22 bits per heavy atom. The highest BCUT2D eigenvalue weighted by atomic mass is 35.5. The molecule has 0 aliphatic carbocycles. The number of hydrogen-bond acceptors (Lipinski definition) is 5. The summed E-state index contributed by atoms with van der Waals surface area (Å²) in [5, 5.41) is 10.7. The summed E-state index contributed by atoms with van der Waals surface area (Å²) in [7, 11) is 2.13. The van der Waals surface area contributed by atoms with Crippen LogP contribution in [0.15, 0.2) is 0 Å². The number of aromatic nitrogens is 3. The van der Waals surface area contributed by atoms with Gasteiger partial charge in [-0.25, -0.2) is 0 Å². The van der Waals surface area contributed by atoms with E-state index in [2.05, 4.69) is 46.3 Å². The molecule has 0 radical (unpaired) electrons. The molecule has 5 nitrogen and oxygen atoms in total. The van der Waals surface area contributed by atoms with Crippen molar-refractivity contribution in [2.45, 2.75) is 32.7 Å². The molecule has 0 atom stereocenters. The van der Waals surface area contributed by atoms with Crippen LogP contribution in [0.25, 0.3) is 0 Å². The van der Waals surface area contributed by atoms with Crippen molar-refractivity contribution in [3.05, 3.63) is 10.4 Å². The van der Waals surface area contributed by atoms with Crippen LogP contribution in [0.5, 0.6) is 0 Å². The third-order valence-corrected chi connectivity index (χ3v) is 3.15. The Morgan fingerprint density at radius 2 is 1.94 bits per heavy atom. The first kappa shape index (κ1) is 15.4. The Morgan fingerprint density at radius 3 is 2.61 bits per heavy atom. The van der Waals surface area contributed by atoms with Crippen LogP contribution >= 0.6 is 23.2 Å². The number of rotatable bonds is 7. The monoisotopic (exact) mass is 291 g/mol. The molecule has 0 spiro atoms. The van der Waals surface area contributed by atoms with Crippen molar-refractivity contribution < 1.29 is 0 Å². The second-order valence-corrected chi connectivity index (χ2v) is 5.12. The third kappa shape index (κ3) is 5.33. The van der Waals surface area contributed by atoms with E-state index in [1.54, 1.807) is 0 Å². The zero-order valence-corrected chi connectivity index (χ0v) is 12.5. The fraction of sp³-hybridized carbons (Fsp3) is 0.727. The van der Waals surface area contributed by atoms with Gasteiger partial charge in [0.1, 0.15) is 0 Å². The van der Waals surface area contributed by atoms with Gasteiger partial charge in [0.05, 0.1) is 0 Å². The molecule has 0 amide bonds. The molecule has 0 saturated heterocycles. The third-order valence-electron chi connectivity index (χ3n) is 2.73. The van der Waals surface area contributed by atoms with Gasteiger partial charge >= 0.3 is 0 Å². The summed E-state index contributed by atoms with van der Waals surface area (Å²) < 4.78 is 0. The van der Waals surface area contributed by atoms with Crippen molar-refractivity contribution >= 4 is 29.0 Å². The lowest BCUT2D eigenvalue weighted by Gasteiger charge is -2.20. The summed E-state index contributed by atoms with van der Waals surface area (Å²) in [6.45, 7) is 6.25. The highest BCUT2D eigenvalue weighted by Crippen LogP contribution is 2.16. The largest absolute Gasteiger partial charge is 0.367 e. The molecule has 0 aliphatic heterocycles. The summed E-state index contributed by atoms with van der Waals surface area (Å²) in [4.78, 5) is 6.29. The van der Waals surface area contributed by atoms with Crippen molar-refractivity contribution in [2.75, 3.05) is 25.5 Å². The molecule has 18 heavy (non-hydrogen) atoms. The van der Waals surface area contributed by atoms with E-state index in [0.29, 0.717) is 11.9 Å². The van der Waals surface area contributed by atoms with Crippen LogP contribution in [-0.2, 0) is 0 Å². The number of hydrogen-bond donors (Lipinski definition) is 1. The van der Waals surface area contributed by atoms with Gasteiger partial charge in [0.2, 0.25) is 5.28 Å². The maximum absolute atomic E-state index is 5.84. The zero-order valence-electron chi connectivity index (χ0n) is 11.0. The van der Waals surface area contributed by atoms with Crippen LogP contribution < -0.4 is 5.32 Å². The average molecular weight is 292 g/mol. The molecule has 1 N–H and O–H groups in total. The Kier molecular flexibility index (Phi) is 6.60. The molecule has 1 aromatic heterocycles. The molecule has 0 bridgehead atoms. The Balaban J connectivity index is 2.24. The van der Waals surface area contributed by atoms with Crippen LogP contribution in [0.3, 0.4) is 0 Å². The molecule has 0 fully saturated rings. The minimum Gasteiger partial charge on any atom is -0.367 e. The highest BCUT2D eigenvalue weighted by Gasteiger charge is 2.05. The number of anilines is 1. The number of unbranched alkanes of at least 4 members (excludes halogenated alkanes) is 1. The van der Waals surface area contributed by atoms with E-state index in [0.717, 1.165) is 25.9 Å². The quantitative estimate of drug-likeness (QED) is 0.783. The zero-order chi connectivity index (χ0) is 13.5. The fourth-order valence-electron chi connectivity index (χ4n) is 1.36. The molecule has 0 saturated carbocycles. The van der Waals surface area contributed by atoms with E-state index in [-0.39, 0.29) is 10.4 Å². The first-order valence-corrected chi connectivity index (χ1v) is 6.76. The van der Waals surface area contributed by atoms with Gasteiger partial charge in [-0.3, -0.25) is 0 Å². The summed E-state index contributed by atoms with van der Waals surface area (Å²) in [5.41, 5.74) is 0. The first-order valence-electron chi connectivity index (χ1n) is 6.00. The summed E-state index contributed by atoms with van der Waals surface area (Å²) in [6.07, 6.45) is 2.15.